The molecule has 0 radical (unpaired) electrons. The average Bonchev–Trinajstić information content (AvgIpc) is 2.44. The fourth-order valence-electron chi connectivity index (χ4n) is 2.98. The van der Waals surface area contributed by atoms with Gasteiger partial charge in [-0.05, 0) is 30.5 Å². The second-order valence-corrected chi connectivity index (χ2v) is 6.10. The van der Waals surface area contributed by atoms with E-state index in [0.717, 1.165) is 6.42 Å². The van der Waals surface area contributed by atoms with Gasteiger partial charge in [0.25, 0.3) is 5.91 Å². The van der Waals surface area contributed by atoms with Crippen molar-refractivity contribution in [2.45, 2.75) is 24.7 Å². The van der Waals surface area contributed by atoms with Gasteiger partial charge in [0.05, 0.1) is 10.9 Å². The number of carboxylic acids is 1. The largest absolute Gasteiger partial charge is 0.481 e. The van der Waals surface area contributed by atoms with Gasteiger partial charge in [-0.15, -0.1) is 0 Å². The number of hydrogen-bond donors (Lipinski definition) is 2. The van der Waals surface area contributed by atoms with E-state index in [1.807, 2.05) is 0 Å². The standard InChI is InChI=1S/C16H18N4O3/c1-20(2)13(21)12-10-8-9(16(14(22)23)6-3-7-16)4-5-11(10)18-15(17)19-12/h4-5,8H,3,6-7H2,1-2H3,(H,22,23)(H2,17,18,19). The van der Waals surface area contributed by atoms with E-state index in [0.29, 0.717) is 29.3 Å². The number of aliphatic carboxylic acids is 1. The lowest BCUT2D eigenvalue weighted by atomic mass is 9.64. The number of amides is 1. The van der Waals surface area contributed by atoms with Gasteiger partial charge in [-0.3, -0.25) is 9.59 Å². The summed E-state index contributed by atoms with van der Waals surface area (Å²) in [6.45, 7) is 0. The van der Waals surface area contributed by atoms with Crippen LogP contribution < -0.4 is 5.73 Å². The Hall–Kier alpha value is -2.70. The minimum Gasteiger partial charge on any atom is -0.481 e. The molecule has 0 atom stereocenters. The predicted molar refractivity (Wildman–Crippen MR) is 85.1 cm³/mol. The molecular weight excluding hydrogens is 296 g/mol. The molecule has 7 nitrogen and oxygen atoms in total. The van der Waals surface area contributed by atoms with Gasteiger partial charge in [0, 0.05) is 19.5 Å². The third-order valence-electron chi connectivity index (χ3n) is 4.49. The highest BCUT2D eigenvalue weighted by Gasteiger charge is 2.46. The molecule has 120 valence electrons. The summed E-state index contributed by atoms with van der Waals surface area (Å²) in [5.41, 5.74) is 6.23. The molecule has 23 heavy (non-hydrogen) atoms. The number of anilines is 1. The minimum absolute atomic E-state index is 0.0204. The highest BCUT2D eigenvalue weighted by molar-refractivity contribution is 6.05. The Kier molecular flexibility index (Phi) is 3.43. The van der Waals surface area contributed by atoms with Crippen LogP contribution >= 0.6 is 0 Å². The Labute approximate surface area is 133 Å². The van der Waals surface area contributed by atoms with Gasteiger partial charge in [-0.25, -0.2) is 9.97 Å². The SMILES string of the molecule is CN(C)C(=O)c1nc(N)nc2ccc(C3(C(=O)O)CCC3)cc12. The molecule has 1 aliphatic rings. The van der Waals surface area contributed by atoms with E-state index in [-0.39, 0.29) is 17.5 Å². The van der Waals surface area contributed by atoms with Crippen LogP contribution in [0.4, 0.5) is 5.95 Å². The van der Waals surface area contributed by atoms with Gasteiger partial charge in [-0.2, -0.15) is 0 Å². The lowest BCUT2D eigenvalue weighted by Gasteiger charge is -2.38. The first-order valence-corrected chi connectivity index (χ1v) is 7.38. The third-order valence-corrected chi connectivity index (χ3v) is 4.49. The summed E-state index contributed by atoms with van der Waals surface area (Å²) >= 11 is 0. The van der Waals surface area contributed by atoms with Crippen molar-refractivity contribution in [2.24, 2.45) is 0 Å². The van der Waals surface area contributed by atoms with Crippen LogP contribution in [0.3, 0.4) is 0 Å². The van der Waals surface area contributed by atoms with Gasteiger partial charge in [0.2, 0.25) is 5.95 Å². The highest BCUT2D eigenvalue weighted by Crippen LogP contribution is 2.44. The van der Waals surface area contributed by atoms with Crippen LogP contribution in [-0.2, 0) is 10.2 Å². The average molecular weight is 314 g/mol. The molecule has 1 heterocycles. The topological polar surface area (TPSA) is 109 Å². The third kappa shape index (κ3) is 2.28. The molecule has 0 spiro atoms. The molecular formula is C16H18N4O3. The molecule has 0 aliphatic heterocycles. The number of hydrogen-bond acceptors (Lipinski definition) is 5. The summed E-state index contributed by atoms with van der Waals surface area (Å²) in [6.07, 6.45) is 2.08. The quantitative estimate of drug-likeness (QED) is 0.886. The van der Waals surface area contributed by atoms with Crippen molar-refractivity contribution in [3.05, 3.63) is 29.5 Å². The van der Waals surface area contributed by atoms with Crippen LogP contribution in [0.2, 0.25) is 0 Å². The molecule has 1 amide bonds. The molecule has 1 saturated carbocycles. The molecule has 1 aromatic heterocycles. The molecule has 1 aliphatic carbocycles. The number of carbonyl (C=O) groups is 2. The number of aromatic nitrogens is 2. The Morgan fingerprint density at radius 1 is 1.26 bits per heavy atom. The summed E-state index contributed by atoms with van der Waals surface area (Å²) in [4.78, 5) is 33.7. The van der Waals surface area contributed by atoms with E-state index in [4.69, 9.17) is 5.73 Å². The maximum Gasteiger partial charge on any atom is 0.314 e. The second kappa shape index (κ2) is 5.19. The molecule has 1 aromatic carbocycles. The molecule has 1 fully saturated rings. The number of nitrogen functional groups attached to an aromatic ring is 1. The lowest BCUT2D eigenvalue weighted by Crippen LogP contribution is -2.42. The van der Waals surface area contributed by atoms with Crippen LogP contribution in [0.15, 0.2) is 18.2 Å². The fourth-order valence-corrected chi connectivity index (χ4v) is 2.98. The van der Waals surface area contributed by atoms with Crippen molar-refractivity contribution >= 4 is 28.7 Å². The van der Waals surface area contributed by atoms with Crippen molar-refractivity contribution in [3.8, 4) is 0 Å². The first kappa shape index (κ1) is 15.2. The van der Waals surface area contributed by atoms with Crippen molar-refractivity contribution in [1.29, 1.82) is 0 Å². The maximum atomic E-state index is 12.4. The van der Waals surface area contributed by atoms with E-state index in [1.54, 1.807) is 32.3 Å². The van der Waals surface area contributed by atoms with Crippen LogP contribution in [0.5, 0.6) is 0 Å². The number of carbonyl (C=O) groups excluding carboxylic acids is 1. The summed E-state index contributed by atoms with van der Waals surface area (Å²) in [6, 6.07) is 5.18. The Balaban J connectivity index is 2.22. The first-order valence-electron chi connectivity index (χ1n) is 7.38. The molecule has 0 bridgehead atoms. The molecule has 7 heteroatoms. The predicted octanol–water partition coefficient (Wildman–Crippen LogP) is 1.42. The molecule has 2 aromatic rings. The van der Waals surface area contributed by atoms with E-state index in [1.165, 1.54) is 4.90 Å². The summed E-state index contributed by atoms with van der Waals surface area (Å²) in [5.74, 6) is -1.11. The van der Waals surface area contributed by atoms with Crippen molar-refractivity contribution in [2.75, 3.05) is 19.8 Å². The molecule has 3 N–H and O–H groups in total. The smallest absolute Gasteiger partial charge is 0.314 e. The Morgan fingerprint density at radius 3 is 2.48 bits per heavy atom. The van der Waals surface area contributed by atoms with Gasteiger partial charge < -0.3 is 15.7 Å². The Morgan fingerprint density at radius 2 is 1.96 bits per heavy atom. The normalized spacial score (nSPS) is 15.9. The van der Waals surface area contributed by atoms with Crippen molar-refractivity contribution in [3.63, 3.8) is 0 Å². The molecule has 0 saturated heterocycles. The fraction of sp³-hybridized carbons (Fsp3) is 0.375. The van der Waals surface area contributed by atoms with Crippen LogP contribution in [0.25, 0.3) is 10.9 Å². The van der Waals surface area contributed by atoms with Crippen LogP contribution in [0, 0.1) is 0 Å². The van der Waals surface area contributed by atoms with E-state index in [9.17, 15) is 14.7 Å². The summed E-state index contributed by atoms with van der Waals surface area (Å²) < 4.78 is 0. The van der Waals surface area contributed by atoms with Crippen molar-refractivity contribution < 1.29 is 14.7 Å². The second-order valence-electron chi connectivity index (χ2n) is 6.10. The first-order chi connectivity index (χ1) is 10.8. The van der Waals surface area contributed by atoms with Crippen LogP contribution in [-0.4, -0.2) is 45.9 Å². The van der Waals surface area contributed by atoms with E-state index < -0.39 is 11.4 Å². The number of nitrogens with two attached hydrogens (primary N) is 1. The summed E-state index contributed by atoms with van der Waals surface area (Å²) in [7, 11) is 3.25. The monoisotopic (exact) mass is 314 g/mol. The zero-order valence-electron chi connectivity index (χ0n) is 13.0. The number of fused-ring (bicyclic) bond motifs is 1. The van der Waals surface area contributed by atoms with Gasteiger partial charge in [0.15, 0.2) is 0 Å². The van der Waals surface area contributed by atoms with Crippen molar-refractivity contribution in [1.82, 2.24) is 14.9 Å². The molecule has 3 rings (SSSR count). The van der Waals surface area contributed by atoms with E-state index in [2.05, 4.69) is 9.97 Å². The lowest BCUT2D eigenvalue weighted by molar-refractivity contribution is -0.147. The number of nitrogens with zero attached hydrogens (tertiary/aromatic N) is 3. The number of benzene rings is 1. The van der Waals surface area contributed by atoms with Gasteiger partial charge >= 0.3 is 5.97 Å². The number of carboxylic acid groups (broad SMARTS) is 1. The number of rotatable bonds is 3. The molecule has 0 unspecified atom stereocenters. The zero-order valence-corrected chi connectivity index (χ0v) is 13.0. The Bertz CT molecular complexity index is 812. The van der Waals surface area contributed by atoms with Crippen LogP contribution in [0.1, 0.15) is 35.3 Å². The highest BCUT2D eigenvalue weighted by atomic mass is 16.4. The van der Waals surface area contributed by atoms with E-state index >= 15 is 0 Å². The minimum atomic E-state index is -0.867. The van der Waals surface area contributed by atoms with Gasteiger partial charge in [0.1, 0.15) is 5.69 Å². The zero-order chi connectivity index (χ0) is 16.8. The summed E-state index contributed by atoms with van der Waals surface area (Å²) in [5, 5.41) is 10.1. The van der Waals surface area contributed by atoms with Gasteiger partial charge in [-0.1, -0.05) is 12.5 Å². The maximum absolute atomic E-state index is 12.4.